The molecule has 0 saturated heterocycles. The molecule has 2 N–H and O–H groups in total. The van der Waals surface area contributed by atoms with Crippen LogP contribution in [0.2, 0.25) is 0 Å². The van der Waals surface area contributed by atoms with Crippen LogP contribution in [0.25, 0.3) is 0 Å². The summed E-state index contributed by atoms with van der Waals surface area (Å²) >= 11 is 0. The average molecular weight is 308 g/mol. The molecule has 110 valence electrons. The van der Waals surface area contributed by atoms with E-state index in [1.165, 1.54) is 10.2 Å². The van der Waals surface area contributed by atoms with E-state index in [0.29, 0.717) is 6.54 Å². The third-order valence-electron chi connectivity index (χ3n) is 3.56. The maximum absolute atomic E-state index is 11.4. The molecule has 0 aliphatic heterocycles. The zero-order valence-electron chi connectivity index (χ0n) is 10.8. The van der Waals surface area contributed by atoms with E-state index in [1.54, 1.807) is 0 Å². The normalized spacial score (nSPS) is 17.1. The molecular formula is C12H12N4O4S. The Balaban J connectivity index is 1.90. The monoisotopic (exact) mass is 308 g/mol. The Bertz CT molecular complexity index is 828. The number of hydrogen-bond donors (Lipinski definition) is 1. The molecule has 0 spiro atoms. The molecule has 8 nitrogen and oxygen atoms in total. The van der Waals surface area contributed by atoms with Crippen LogP contribution in [0.4, 0.5) is 5.82 Å². The number of benzene rings is 1. The van der Waals surface area contributed by atoms with Crippen molar-refractivity contribution in [3.63, 3.8) is 0 Å². The van der Waals surface area contributed by atoms with E-state index in [-0.39, 0.29) is 5.92 Å². The lowest BCUT2D eigenvalue weighted by Gasteiger charge is -2.29. The molecule has 1 unspecified atom stereocenters. The van der Waals surface area contributed by atoms with Crippen LogP contribution in [0.1, 0.15) is 17.0 Å². The molecule has 2 aromatic rings. The zero-order chi connectivity index (χ0) is 15.2. The van der Waals surface area contributed by atoms with Crippen LogP contribution in [0.3, 0.4) is 0 Å². The van der Waals surface area contributed by atoms with E-state index in [1.807, 2.05) is 24.3 Å². The number of sulfonamides is 1. The lowest BCUT2D eigenvalue weighted by atomic mass is 9.78. The second-order valence-electron chi connectivity index (χ2n) is 4.94. The van der Waals surface area contributed by atoms with Gasteiger partial charge in [0.2, 0.25) is 14.9 Å². The third kappa shape index (κ3) is 2.41. The van der Waals surface area contributed by atoms with Gasteiger partial charge in [-0.25, -0.2) is 13.6 Å². The Kier molecular flexibility index (Phi) is 3.03. The minimum Gasteiger partial charge on any atom is -0.358 e. The summed E-state index contributed by atoms with van der Waals surface area (Å²) in [5.41, 5.74) is 2.39. The molecule has 1 atom stereocenters. The summed E-state index contributed by atoms with van der Waals surface area (Å²) < 4.78 is 24.0. The quantitative estimate of drug-likeness (QED) is 0.660. The van der Waals surface area contributed by atoms with Crippen molar-refractivity contribution in [2.24, 2.45) is 5.14 Å². The number of primary sulfonamides is 1. The maximum atomic E-state index is 11.4. The SMILES string of the molecule is NS(=O)(=O)c1cn(CC2Cc3ccccc32)nc1[N+](=O)[O-]. The Morgan fingerprint density at radius 3 is 2.71 bits per heavy atom. The van der Waals surface area contributed by atoms with Crippen molar-refractivity contribution < 1.29 is 13.3 Å². The van der Waals surface area contributed by atoms with Crippen molar-refractivity contribution in [1.29, 1.82) is 0 Å². The van der Waals surface area contributed by atoms with Gasteiger partial charge in [-0.05, 0) is 22.5 Å². The number of nitro groups is 1. The summed E-state index contributed by atoms with van der Waals surface area (Å²) in [5.74, 6) is -0.556. The van der Waals surface area contributed by atoms with Gasteiger partial charge in [0.1, 0.15) is 0 Å². The van der Waals surface area contributed by atoms with Gasteiger partial charge in [0.05, 0.1) is 17.8 Å². The molecule has 1 aliphatic carbocycles. The fourth-order valence-electron chi connectivity index (χ4n) is 2.56. The van der Waals surface area contributed by atoms with Crippen LogP contribution in [-0.2, 0) is 23.0 Å². The van der Waals surface area contributed by atoms with E-state index in [4.69, 9.17) is 5.14 Å². The first-order valence-electron chi connectivity index (χ1n) is 6.18. The summed E-state index contributed by atoms with van der Waals surface area (Å²) in [6, 6.07) is 7.88. The van der Waals surface area contributed by atoms with Gasteiger partial charge >= 0.3 is 5.82 Å². The molecule has 1 aliphatic rings. The summed E-state index contributed by atoms with van der Waals surface area (Å²) in [7, 11) is -4.17. The van der Waals surface area contributed by atoms with E-state index >= 15 is 0 Å². The summed E-state index contributed by atoms with van der Waals surface area (Å²) in [5, 5.41) is 19.6. The number of fused-ring (bicyclic) bond motifs is 1. The predicted octanol–water partition coefficient (Wildman–Crippen LogP) is 0.779. The molecule has 0 amide bonds. The minimum atomic E-state index is -4.17. The molecule has 1 aromatic heterocycles. The van der Waals surface area contributed by atoms with Crippen molar-refractivity contribution >= 4 is 15.8 Å². The standard InChI is InChI=1S/C12H12N4O4S/c13-21(19,20)11-7-15(14-12(11)16(17)18)6-9-5-8-3-1-2-4-10(8)9/h1-4,7,9H,5-6H2,(H2,13,19,20). The smallest absolute Gasteiger partial charge is 0.358 e. The summed E-state index contributed by atoms with van der Waals surface area (Å²) in [4.78, 5) is 9.46. The molecule has 0 bridgehead atoms. The Morgan fingerprint density at radius 2 is 2.14 bits per heavy atom. The van der Waals surface area contributed by atoms with Crippen LogP contribution >= 0.6 is 0 Å². The Labute approximate surface area is 120 Å². The average Bonchev–Trinajstić information content (AvgIpc) is 2.80. The third-order valence-corrected chi connectivity index (χ3v) is 4.46. The highest BCUT2D eigenvalue weighted by molar-refractivity contribution is 7.89. The Morgan fingerprint density at radius 1 is 1.43 bits per heavy atom. The van der Waals surface area contributed by atoms with E-state index in [9.17, 15) is 18.5 Å². The van der Waals surface area contributed by atoms with Gasteiger partial charge in [0.25, 0.3) is 0 Å². The first-order valence-corrected chi connectivity index (χ1v) is 7.73. The predicted molar refractivity (Wildman–Crippen MR) is 73.1 cm³/mol. The molecule has 0 saturated carbocycles. The maximum Gasteiger partial charge on any atom is 0.410 e. The van der Waals surface area contributed by atoms with Crippen LogP contribution in [0.15, 0.2) is 35.4 Å². The first kappa shape index (κ1) is 13.7. The summed E-state index contributed by atoms with van der Waals surface area (Å²) in [6.07, 6.45) is 1.96. The van der Waals surface area contributed by atoms with E-state index < -0.39 is 25.7 Å². The highest BCUT2D eigenvalue weighted by atomic mass is 32.2. The molecule has 3 rings (SSSR count). The van der Waals surface area contributed by atoms with E-state index in [0.717, 1.165) is 18.2 Å². The van der Waals surface area contributed by atoms with Gasteiger partial charge in [0.15, 0.2) is 0 Å². The lowest BCUT2D eigenvalue weighted by molar-refractivity contribution is -0.392. The topological polar surface area (TPSA) is 121 Å². The Hall–Kier alpha value is -2.26. The summed E-state index contributed by atoms with van der Waals surface area (Å²) in [6.45, 7) is 0.382. The molecule has 21 heavy (non-hydrogen) atoms. The van der Waals surface area contributed by atoms with Gasteiger partial charge in [0, 0.05) is 5.92 Å². The first-order chi connectivity index (χ1) is 9.86. The number of nitrogens with zero attached hydrogens (tertiary/aromatic N) is 3. The van der Waals surface area contributed by atoms with Gasteiger partial charge in [-0.15, -0.1) is 0 Å². The van der Waals surface area contributed by atoms with Crippen molar-refractivity contribution in [1.82, 2.24) is 9.78 Å². The van der Waals surface area contributed by atoms with Gasteiger partial charge in [-0.1, -0.05) is 24.3 Å². The molecule has 1 aromatic carbocycles. The second kappa shape index (κ2) is 4.64. The van der Waals surface area contributed by atoms with Gasteiger partial charge in [-0.2, -0.15) is 4.68 Å². The number of nitrogens with two attached hydrogens (primary N) is 1. The van der Waals surface area contributed by atoms with Crippen LogP contribution in [-0.4, -0.2) is 23.1 Å². The fourth-order valence-corrected chi connectivity index (χ4v) is 3.20. The molecule has 1 heterocycles. The fraction of sp³-hybridized carbons (Fsp3) is 0.250. The van der Waals surface area contributed by atoms with Crippen molar-refractivity contribution in [2.45, 2.75) is 23.8 Å². The van der Waals surface area contributed by atoms with Crippen LogP contribution in [0.5, 0.6) is 0 Å². The number of aromatic nitrogens is 2. The van der Waals surface area contributed by atoms with Gasteiger partial charge in [-0.3, -0.25) is 0 Å². The lowest BCUT2D eigenvalue weighted by Crippen LogP contribution is -2.22. The number of rotatable bonds is 4. The largest absolute Gasteiger partial charge is 0.410 e. The second-order valence-corrected chi connectivity index (χ2v) is 6.47. The molecule has 9 heteroatoms. The van der Waals surface area contributed by atoms with E-state index in [2.05, 4.69) is 5.10 Å². The molecule has 0 fully saturated rings. The van der Waals surface area contributed by atoms with Crippen LogP contribution < -0.4 is 5.14 Å². The van der Waals surface area contributed by atoms with Gasteiger partial charge < -0.3 is 10.1 Å². The molecule has 0 radical (unpaired) electrons. The van der Waals surface area contributed by atoms with Crippen molar-refractivity contribution in [3.8, 4) is 0 Å². The highest BCUT2D eigenvalue weighted by Crippen LogP contribution is 2.36. The minimum absolute atomic E-state index is 0.175. The van der Waals surface area contributed by atoms with Crippen molar-refractivity contribution in [2.75, 3.05) is 0 Å². The highest BCUT2D eigenvalue weighted by Gasteiger charge is 2.32. The van der Waals surface area contributed by atoms with Crippen LogP contribution in [0, 0.1) is 10.1 Å². The number of hydrogen-bond acceptors (Lipinski definition) is 5. The van der Waals surface area contributed by atoms with Crippen molar-refractivity contribution in [3.05, 3.63) is 51.7 Å². The zero-order valence-corrected chi connectivity index (χ0v) is 11.7. The molecular weight excluding hydrogens is 296 g/mol.